The van der Waals surface area contributed by atoms with Gasteiger partial charge in [-0.25, -0.2) is 4.98 Å². The summed E-state index contributed by atoms with van der Waals surface area (Å²) in [6.45, 7) is 5.01. The molecule has 6 nitrogen and oxygen atoms in total. The van der Waals surface area contributed by atoms with E-state index in [1.54, 1.807) is 0 Å². The number of aromatic nitrogens is 3. The van der Waals surface area contributed by atoms with Gasteiger partial charge >= 0.3 is 0 Å². The number of thioether (sulfide) groups is 1. The number of nitrogens with zero attached hydrogens (tertiary/aromatic N) is 3. The molecule has 0 aliphatic carbocycles. The Balaban J connectivity index is 1.93. The molecule has 1 aromatic heterocycles. The smallest absolute Gasteiger partial charge is 0.249 e. The Labute approximate surface area is 123 Å². The zero-order valence-electron chi connectivity index (χ0n) is 12.0. The summed E-state index contributed by atoms with van der Waals surface area (Å²) in [5.41, 5.74) is 1.81. The van der Waals surface area contributed by atoms with Gasteiger partial charge in [0, 0.05) is 30.5 Å². The lowest BCUT2D eigenvalue weighted by Crippen LogP contribution is -2.40. The van der Waals surface area contributed by atoms with E-state index >= 15 is 0 Å². The average Bonchev–Trinajstić information content (AvgIpc) is 2.48. The number of nitrogens with one attached hydrogen (secondary N) is 2. The van der Waals surface area contributed by atoms with Gasteiger partial charge < -0.3 is 5.32 Å². The summed E-state index contributed by atoms with van der Waals surface area (Å²) in [6.07, 6.45) is 2.05. The fraction of sp³-hybridized carbons (Fsp3) is 0.692. The number of anilines is 1. The first kappa shape index (κ1) is 15.2. The average molecular weight is 295 g/mol. The minimum absolute atomic E-state index is 0.0573. The van der Waals surface area contributed by atoms with Gasteiger partial charge in [0.25, 0.3) is 0 Å². The Kier molecular flexibility index (Phi) is 5.72. The molecule has 7 heteroatoms. The highest BCUT2D eigenvalue weighted by molar-refractivity contribution is 7.99. The molecule has 2 N–H and O–H groups in total. The molecule has 1 saturated heterocycles. The van der Waals surface area contributed by atoms with E-state index < -0.39 is 0 Å². The fourth-order valence-electron chi connectivity index (χ4n) is 2.14. The van der Waals surface area contributed by atoms with Crippen molar-refractivity contribution in [1.82, 2.24) is 20.5 Å². The van der Waals surface area contributed by atoms with Crippen LogP contribution in [-0.2, 0) is 17.6 Å². The normalized spacial score (nSPS) is 18.8. The van der Waals surface area contributed by atoms with Crippen LogP contribution in [0.1, 0.15) is 31.7 Å². The lowest BCUT2D eigenvalue weighted by atomic mass is 10.2. The van der Waals surface area contributed by atoms with Crippen molar-refractivity contribution in [1.29, 1.82) is 0 Å². The molecule has 1 fully saturated rings. The maximum atomic E-state index is 12.0. The Morgan fingerprint density at radius 3 is 2.80 bits per heavy atom. The summed E-state index contributed by atoms with van der Waals surface area (Å²) in [5.74, 6) is 2.34. The highest BCUT2D eigenvalue weighted by atomic mass is 32.2. The van der Waals surface area contributed by atoms with E-state index in [-0.39, 0.29) is 11.9 Å². The Bertz CT molecular complexity index is 462. The molecule has 0 radical (unpaired) electrons. The van der Waals surface area contributed by atoms with Crippen LogP contribution >= 0.6 is 11.8 Å². The van der Waals surface area contributed by atoms with Crippen molar-refractivity contribution in [3.63, 3.8) is 0 Å². The van der Waals surface area contributed by atoms with Crippen LogP contribution in [-0.4, -0.2) is 45.2 Å². The second kappa shape index (κ2) is 7.54. The summed E-state index contributed by atoms with van der Waals surface area (Å²) in [5, 5.41) is 14.2. The third-order valence-corrected chi connectivity index (χ3v) is 4.32. The van der Waals surface area contributed by atoms with Gasteiger partial charge in [0.05, 0.1) is 11.4 Å². The van der Waals surface area contributed by atoms with Crippen LogP contribution in [0.2, 0.25) is 0 Å². The molecule has 0 saturated carbocycles. The van der Waals surface area contributed by atoms with Crippen molar-refractivity contribution in [2.75, 3.05) is 23.4 Å². The zero-order chi connectivity index (χ0) is 14.4. The molecule has 0 spiro atoms. The highest BCUT2D eigenvalue weighted by Crippen LogP contribution is 2.11. The topological polar surface area (TPSA) is 79.8 Å². The molecule has 1 amide bonds. The number of aryl methyl sites for hydroxylation is 2. The van der Waals surface area contributed by atoms with Gasteiger partial charge in [-0.1, -0.05) is 13.8 Å². The maximum Gasteiger partial charge on any atom is 0.249 e. The number of rotatable bonds is 5. The van der Waals surface area contributed by atoms with E-state index in [1.807, 2.05) is 25.6 Å². The van der Waals surface area contributed by atoms with Crippen molar-refractivity contribution >= 4 is 23.6 Å². The molecule has 1 atom stereocenters. The van der Waals surface area contributed by atoms with Gasteiger partial charge in [-0.3, -0.25) is 10.1 Å². The fourth-order valence-corrected chi connectivity index (χ4v) is 3.09. The predicted octanol–water partition coefficient (Wildman–Crippen LogP) is 1.03. The lowest BCUT2D eigenvalue weighted by Gasteiger charge is -2.22. The summed E-state index contributed by atoms with van der Waals surface area (Å²) in [6, 6.07) is 0.238. The van der Waals surface area contributed by atoms with Crippen molar-refractivity contribution in [2.24, 2.45) is 0 Å². The molecule has 110 valence electrons. The predicted molar refractivity (Wildman–Crippen MR) is 80.9 cm³/mol. The van der Waals surface area contributed by atoms with Gasteiger partial charge in [-0.2, -0.15) is 11.8 Å². The van der Waals surface area contributed by atoms with Gasteiger partial charge in [0.2, 0.25) is 11.9 Å². The number of hydrogen-bond acceptors (Lipinski definition) is 6. The third kappa shape index (κ3) is 4.14. The molecular formula is C13H21N5OS. The van der Waals surface area contributed by atoms with Gasteiger partial charge in [0.1, 0.15) is 0 Å². The summed E-state index contributed by atoms with van der Waals surface area (Å²) >= 11 is 1.88. The molecule has 1 aliphatic rings. The highest BCUT2D eigenvalue weighted by Gasteiger charge is 2.17. The Morgan fingerprint density at radius 2 is 2.15 bits per heavy atom. The lowest BCUT2D eigenvalue weighted by molar-refractivity contribution is -0.116. The molecular weight excluding hydrogens is 274 g/mol. The minimum atomic E-state index is -0.0573. The maximum absolute atomic E-state index is 12.0. The van der Waals surface area contributed by atoms with Crippen LogP contribution in [0.3, 0.4) is 0 Å². The molecule has 0 bridgehead atoms. The van der Waals surface area contributed by atoms with Crippen LogP contribution in [0, 0.1) is 0 Å². The molecule has 2 rings (SSSR count). The quantitative estimate of drug-likeness (QED) is 0.844. The van der Waals surface area contributed by atoms with Gasteiger partial charge in [0.15, 0.2) is 0 Å². The van der Waals surface area contributed by atoms with E-state index in [4.69, 9.17) is 0 Å². The van der Waals surface area contributed by atoms with Crippen molar-refractivity contribution in [3.8, 4) is 0 Å². The number of carbonyl (C=O) groups is 1. The van der Waals surface area contributed by atoms with Crippen LogP contribution in [0.4, 0.5) is 5.95 Å². The van der Waals surface area contributed by atoms with Crippen LogP contribution in [0.25, 0.3) is 0 Å². The molecule has 1 aromatic rings. The molecule has 2 heterocycles. The second-order valence-corrected chi connectivity index (χ2v) is 5.86. The Morgan fingerprint density at radius 1 is 1.35 bits per heavy atom. The monoisotopic (exact) mass is 295 g/mol. The molecule has 0 aromatic carbocycles. The van der Waals surface area contributed by atoms with E-state index in [9.17, 15) is 4.79 Å². The van der Waals surface area contributed by atoms with Crippen LogP contribution < -0.4 is 10.6 Å². The van der Waals surface area contributed by atoms with E-state index in [2.05, 4.69) is 25.8 Å². The first-order chi connectivity index (χ1) is 9.72. The van der Waals surface area contributed by atoms with E-state index in [0.717, 1.165) is 42.3 Å². The van der Waals surface area contributed by atoms with Gasteiger partial charge in [-0.05, 0) is 12.8 Å². The zero-order valence-corrected chi connectivity index (χ0v) is 12.8. The number of amides is 1. The van der Waals surface area contributed by atoms with E-state index in [0.29, 0.717) is 12.4 Å². The van der Waals surface area contributed by atoms with Crippen molar-refractivity contribution < 1.29 is 4.79 Å². The molecule has 1 unspecified atom stereocenters. The minimum Gasteiger partial charge on any atom is -0.312 e. The van der Waals surface area contributed by atoms with Gasteiger partial charge in [-0.15, -0.1) is 10.2 Å². The second-order valence-electron chi connectivity index (χ2n) is 4.71. The Hall–Kier alpha value is -1.21. The molecule has 20 heavy (non-hydrogen) atoms. The number of carbonyl (C=O) groups excluding carboxylic acids is 1. The first-order valence-electron chi connectivity index (χ1n) is 7.06. The summed E-state index contributed by atoms with van der Waals surface area (Å²) in [7, 11) is 0. The third-order valence-electron chi connectivity index (χ3n) is 3.19. The van der Waals surface area contributed by atoms with Crippen LogP contribution in [0.5, 0.6) is 0 Å². The summed E-state index contributed by atoms with van der Waals surface area (Å²) in [4.78, 5) is 16.3. The first-order valence-corrected chi connectivity index (χ1v) is 8.21. The van der Waals surface area contributed by atoms with Crippen molar-refractivity contribution in [3.05, 3.63) is 11.4 Å². The largest absolute Gasteiger partial charge is 0.312 e. The van der Waals surface area contributed by atoms with E-state index in [1.165, 1.54) is 0 Å². The van der Waals surface area contributed by atoms with Crippen LogP contribution in [0.15, 0.2) is 0 Å². The molecule has 1 aliphatic heterocycles. The number of hydrogen-bond donors (Lipinski definition) is 2. The SMILES string of the molecule is CCc1nnc(NC(=O)CC2CSCCN2)nc1CC. The standard InChI is InChI=1S/C13H21N5OS/c1-3-10-11(4-2)17-18-13(15-10)16-12(19)7-9-8-20-6-5-14-9/h9,14H,3-8H2,1-2H3,(H,15,16,18,19). The van der Waals surface area contributed by atoms with Crippen molar-refractivity contribution in [2.45, 2.75) is 39.2 Å². The summed E-state index contributed by atoms with van der Waals surface area (Å²) < 4.78 is 0.